The van der Waals surface area contributed by atoms with Gasteiger partial charge < -0.3 is 9.84 Å². The predicted octanol–water partition coefficient (Wildman–Crippen LogP) is 2.68. The molecule has 1 fully saturated rings. The Morgan fingerprint density at radius 1 is 1.25 bits per heavy atom. The van der Waals surface area contributed by atoms with Crippen LogP contribution in [0.1, 0.15) is 37.3 Å². The second-order valence-corrected chi connectivity index (χ2v) is 5.22. The number of carbonyl (C=O) groups excluding carboxylic acids is 2. The van der Waals surface area contributed by atoms with Crippen molar-refractivity contribution >= 4 is 11.8 Å². The monoisotopic (exact) mass is 274 g/mol. The zero-order chi connectivity index (χ0) is 14.7. The third-order valence-electron chi connectivity index (χ3n) is 3.40. The number of hydrogen-bond donors (Lipinski definition) is 1. The molecular formula is C16H18O4. The number of allylic oxidation sites excluding steroid dienone is 1. The average molecular weight is 274 g/mol. The van der Waals surface area contributed by atoms with Crippen molar-refractivity contribution in [1.82, 2.24) is 0 Å². The molecule has 0 amide bonds. The first-order chi connectivity index (χ1) is 9.49. The molecule has 0 unspecified atom stereocenters. The number of aliphatic hydroxyl groups excluding tert-OH is 1. The van der Waals surface area contributed by atoms with Gasteiger partial charge in [0, 0.05) is 6.42 Å². The van der Waals surface area contributed by atoms with Crippen LogP contribution in [0.3, 0.4) is 0 Å². The van der Waals surface area contributed by atoms with Crippen LogP contribution in [0.5, 0.6) is 0 Å². The lowest BCUT2D eigenvalue weighted by Crippen LogP contribution is -2.06. The summed E-state index contributed by atoms with van der Waals surface area (Å²) in [5.41, 5.74) is 2.12. The Balaban J connectivity index is 2.03. The van der Waals surface area contributed by atoms with Crippen molar-refractivity contribution in [3.05, 3.63) is 46.7 Å². The molecule has 1 aliphatic rings. The van der Waals surface area contributed by atoms with Gasteiger partial charge in [-0.2, -0.15) is 0 Å². The highest BCUT2D eigenvalue weighted by atomic mass is 16.5. The van der Waals surface area contributed by atoms with Gasteiger partial charge in [-0.3, -0.25) is 4.79 Å². The smallest absolute Gasteiger partial charge is 0.345 e. The zero-order valence-electron chi connectivity index (χ0n) is 11.7. The van der Waals surface area contributed by atoms with E-state index in [1.807, 2.05) is 12.1 Å². The quantitative estimate of drug-likeness (QED) is 0.397. The zero-order valence-corrected chi connectivity index (χ0v) is 11.7. The Hall–Kier alpha value is -2.10. The second-order valence-electron chi connectivity index (χ2n) is 5.22. The van der Waals surface area contributed by atoms with E-state index in [-0.39, 0.29) is 24.4 Å². The molecule has 106 valence electrons. The number of Topliss-reactive ketones (excluding diaryl/α,β-unsaturated/α-hetero) is 1. The fourth-order valence-electron chi connectivity index (χ4n) is 2.12. The van der Waals surface area contributed by atoms with Gasteiger partial charge in [0.15, 0.2) is 6.61 Å². The van der Waals surface area contributed by atoms with Gasteiger partial charge in [0.2, 0.25) is 5.78 Å². The summed E-state index contributed by atoms with van der Waals surface area (Å²) >= 11 is 0. The molecule has 1 saturated heterocycles. The first kappa shape index (κ1) is 14.3. The Kier molecular flexibility index (Phi) is 4.23. The third-order valence-corrected chi connectivity index (χ3v) is 3.40. The minimum atomic E-state index is -0.720. The highest BCUT2D eigenvalue weighted by Crippen LogP contribution is 2.19. The summed E-state index contributed by atoms with van der Waals surface area (Å²) in [5.74, 6) is -0.860. The number of ketones is 1. The molecule has 0 aromatic heterocycles. The number of aliphatic hydroxyl groups is 1. The first-order valence-electron chi connectivity index (χ1n) is 6.70. The molecule has 4 nitrogen and oxygen atoms in total. The molecule has 4 heteroatoms. The summed E-state index contributed by atoms with van der Waals surface area (Å²) in [6.07, 6.45) is 0.839. The van der Waals surface area contributed by atoms with Crippen molar-refractivity contribution in [3.63, 3.8) is 0 Å². The number of ether oxygens (including phenoxy) is 1. The van der Waals surface area contributed by atoms with Crippen LogP contribution in [0.4, 0.5) is 0 Å². The van der Waals surface area contributed by atoms with Crippen LogP contribution in [0.25, 0.3) is 0 Å². The molecule has 2 rings (SSSR count). The predicted molar refractivity (Wildman–Crippen MR) is 74.5 cm³/mol. The first-order valence-corrected chi connectivity index (χ1v) is 6.70. The third kappa shape index (κ3) is 3.07. The molecule has 1 aromatic carbocycles. The standard InChI is InChI=1S/C16H18O4/c1-10(2)12-6-3-11(4-7-12)5-8-13(17)15-14(18)9-20-16(15)19/h3-4,6-7,10,17H,5,8-9H2,1-2H3/b15-13+. The molecule has 0 aliphatic carbocycles. The van der Waals surface area contributed by atoms with Gasteiger partial charge in [-0.1, -0.05) is 38.1 Å². The van der Waals surface area contributed by atoms with Crippen LogP contribution in [0.15, 0.2) is 35.6 Å². The van der Waals surface area contributed by atoms with Crippen molar-refractivity contribution in [2.45, 2.75) is 32.6 Å². The molecule has 0 atom stereocenters. The van der Waals surface area contributed by atoms with Crippen LogP contribution in [0, 0.1) is 0 Å². The molecule has 0 bridgehead atoms. The molecule has 1 aliphatic heterocycles. The van der Waals surface area contributed by atoms with E-state index in [4.69, 9.17) is 0 Å². The van der Waals surface area contributed by atoms with E-state index in [1.165, 1.54) is 5.56 Å². The summed E-state index contributed by atoms with van der Waals surface area (Å²) in [6, 6.07) is 8.11. The van der Waals surface area contributed by atoms with E-state index in [0.29, 0.717) is 12.3 Å². The summed E-state index contributed by atoms with van der Waals surface area (Å²) in [6.45, 7) is 3.99. The molecule has 1 heterocycles. The highest BCUT2D eigenvalue weighted by Gasteiger charge is 2.31. The van der Waals surface area contributed by atoms with Gasteiger partial charge in [-0.15, -0.1) is 0 Å². The number of cyclic esters (lactones) is 1. The summed E-state index contributed by atoms with van der Waals surface area (Å²) < 4.78 is 4.59. The Bertz CT molecular complexity index is 534. The maximum absolute atomic E-state index is 11.4. The van der Waals surface area contributed by atoms with Crippen molar-refractivity contribution in [1.29, 1.82) is 0 Å². The maximum atomic E-state index is 11.4. The minimum absolute atomic E-state index is 0.176. The number of aryl methyl sites for hydroxylation is 1. The highest BCUT2D eigenvalue weighted by molar-refractivity contribution is 6.22. The number of esters is 1. The average Bonchev–Trinajstić information content (AvgIpc) is 2.76. The van der Waals surface area contributed by atoms with Gasteiger partial charge >= 0.3 is 5.97 Å². The van der Waals surface area contributed by atoms with Crippen LogP contribution >= 0.6 is 0 Å². The molecule has 20 heavy (non-hydrogen) atoms. The van der Waals surface area contributed by atoms with Gasteiger partial charge in [0.05, 0.1) is 0 Å². The van der Waals surface area contributed by atoms with E-state index in [9.17, 15) is 14.7 Å². The number of carbonyl (C=O) groups is 2. The van der Waals surface area contributed by atoms with Crippen LogP contribution in [-0.4, -0.2) is 23.5 Å². The van der Waals surface area contributed by atoms with Crippen LogP contribution < -0.4 is 0 Å². The topological polar surface area (TPSA) is 63.6 Å². The van der Waals surface area contributed by atoms with Gasteiger partial charge in [0.1, 0.15) is 11.3 Å². The van der Waals surface area contributed by atoms with E-state index < -0.39 is 11.8 Å². The number of hydrogen-bond acceptors (Lipinski definition) is 4. The van der Waals surface area contributed by atoms with Gasteiger partial charge in [0.25, 0.3) is 0 Å². The normalized spacial score (nSPS) is 17.6. The second kappa shape index (κ2) is 5.90. The van der Waals surface area contributed by atoms with Crippen molar-refractivity contribution in [2.75, 3.05) is 6.61 Å². The minimum Gasteiger partial charge on any atom is -0.511 e. The van der Waals surface area contributed by atoms with Gasteiger partial charge in [-0.05, 0) is 23.5 Å². The molecule has 0 radical (unpaired) electrons. The fraction of sp³-hybridized carbons (Fsp3) is 0.375. The lowest BCUT2D eigenvalue weighted by Gasteiger charge is -2.07. The van der Waals surface area contributed by atoms with Crippen LogP contribution in [0.2, 0.25) is 0 Å². The lowest BCUT2D eigenvalue weighted by atomic mass is 9.99. The Morgan fingerprint density at radius 3 is 2.40 bits per heavy atom. The molecule has 1 N–H and O–H groups in total. The Labute approximate surface area is 118 Å². The van der Waals surface area contributed by atoms with Crippen molar-refractivity contribution in [3.8, 4) is 0 Å². The molecule has 1 aromatic rings. The molecule has 0 saturated carbocycles. The lowest BCUT2D eigenvalue weighted by molar-refractivity contribution is -0.135. The van der Waals surface area contributed by atoms with E-state index in [1.54, 1.807) is 0 Å². The Morgan fingerprint density at radius 2 is 1.90 bits per heavy atom. The van der Waals surface area contributed by atoms with E-state index in [2.05, 4.69) is 30.7 Å². The summed E-state index contributed by atoms with van der Waals surface area (Å²) in [4.78, 5) is 22.7. The fourth-order valence-corrected chi connectivity index (χ4v) is 2.12. The van der Waals surface area contributed by atoms with Gasteiger partial charge in [-0.25, -0.2) is 4.79 Å². The maximum Gasteiger partial charge on any atom is 0.345 e. The summed E-state index contributed by atoms with van der Waals surface area (Å²) in [7, 11) is 0. The van der Waals surface area contributed by atoms with Crippen LogP contribution in [-0.2, 0) is 20.7 Å². The van der Waals surface area contributed by atoms with Crippen molar-refractivity contribution < 1.29 is 19.4 Å². The largest absolute Gasteiger partial charge is 0.511 e. The number of benzene rings is 1. The number of rotatable bonds is 4. The molecular weight excluding hydrogens is 256 g/mol. The summed E-state index contributed by atoms with van der Waals surface area (Å²) in [5, 5.41) is 9.85. The van der Waals surface area contributed by atoms with Crippen molar-refractivity contribution in [2.24, 2.45) is 0 Å². The van der Waals surface area contributed by atoms with E-state index >= 15 is 0 Å². The molecule has 0 spiro atoms. The van der Waals surface area contributed by atoms with E-state index in [0.717, 1.165) is 5.56 Å². The SMILES string of the molecule is CC(C)c1ccc(CC/C(O)=C2/C(=O)COC2=O)cc1.